The smallest absolute Gasteiger partial charge is 0.303 e. The zero-order valence-electron chi connectivity index (χ0n) is 13.0. The molecule has 0 heterocycles. The molecule has 0 bridgehead atoms. The Bertz CT molecular complexity index is 660. The monoisotopic (exact) mass is 334 g/mol. The van der Waals surface area contributed by atoms with Crippen LogP contribution in [-0.4, -0.2) is 24.5 Å². The van der Waals surface area contributed by atoms with E-state index in [0.29, 0.717) is 29.3 Å². The van der Waals surface area contributed by atoms with Gasteiger partial charge in [0.05, 0.1) is 12.1 Å². The number of nitrogens with two attached hydrogens (primary N) is 1. The van der Waals surface area contributed by atoms with E-state index in [9.17, 15) is 9.59 Å². The van der Waals surface area contributed by atoms with E-state index in [1.165, 1.54) is 12.0 Å². The second-order valence-electron chi connectivity index (χ2n) is 5.56. The Morgan fingerprint density at radius 2 is 2.00 bits per heavy atom. The van der Waals surface area contributed by atoms with Crippen molar-refractivity contribution in [3.8, 4) is 18.1 Å². The first-order valence-electron chi connectivity index (χ1n) is 7.40. The zero-order chi connectivity index (χ0) is 17.0. The van der Waals surface area contributed by atoms with Crippen molar-refractivity contribution in [2.75, 3.05) is 12.0 Å². The maximum Gasteiger partial charge on any atom is 0.303 e. The summed E-state index contributed by atoms with van der Waals surface area (Å²) in [7, 11) is 1.50. The molecule has 1 fully saturated rings. The van der Waals surface area contributed by atoms with Crippen LogP contribution in [0.5, 0.6) is 5.75 Å². The standard InChI is InChI=1S/C17H19ClN2O3/c1-3-15(21)20(12-7-8-14(23-2)13(18)11-12)17(16(19)22)9-5-4-6-10-17/h1,7-8,11H,4-6,9-10H2,2H3,(H2,19,22). The van der Waals surface area contributed by atoms with Gasteiger partial charge in [-0.3, -0.25) is 14.5 Å². The van der Waals surface area contributed by atoms with Crippen LogP contribution < -0.4 is 15.4 Å². The topological polar surface area (TPSA) is 72.6 Å². The molecule has 1 saturated carbocycles. The predicted molar refractivity (Wildman–Crippen MR) is 89.3 cm³/mol. The summed E-state index contributed by atoms with van der Waals surface area (Å²) in [5.41, 5.74) is 5.00. The molecule has 2 amide bonds. The Balaban J connectivity index is 2.56. The molecule has 23 heavy (non-hydrogen) atoms. The van der Waals surface area contributed by atoms with Gasteiger partial charge in [-0.1, -0.05) is 30.9 Å². The molecule has 0 unspecified atom stereocenters. The number of hydrogen-bond acceptors (Lipinski definition) is 3. The fourth-order valence-corrected chi connectivity index (χ4v) is 3.39. The van der Waals surface area contributed by atoms with Crippen molar-refractivity contribution >= 4 is 29.1 Å². The maximum absolute atomic E-state index is 12.4. The average molecular weight is 335 g/mol. The number of carbonyl (C=O) groups excluding carboxylic acids is 2. The largest absolute Gasteiger partial charge is 0.495 e. The molecule has 0 atom stereocenters. The number of hydrogen-bond donors (Lipinski definition) is 1. The molecule has 122 valence electrons. The number of benzene rings is 1. The number of nitrogens with zero attached hydrogens (tertiary/aromatic N) is 1. The summed E-state index contributed by atoms with van der Waals surface area (Å²) in [5.74, 6) is 1.41. The summed E-state index contributed by atoms with van der Waals surface area (Å²) in [6.07, 6.45) is 8.90. The molecule has 2 N–H and O–H groups in total. The molecular weight excluding hydrogens is 316 g/mol. The highest BCUT2D eigenvalue weighted by Crippen LogP contribution is 2.39. The van der Waals surface area contributed by atoms with Crippen molar-refractivity contribution in [2.45, 2.75) is 37.6 Å². The molecule has 6 heteroatoms. The number of methoxy groups -OCH3 is 1. The third kappa shape index (κ3) is 3.13. The predicted octanol–water partition coefficient (Wildman–Crippen LogP) is 2.50. The second-order valence-corrected chi connectivity index (χ2v) is 5.97. The van der Waals surface area contributed by atoms with Gasteiger partial charge in [0.15, 0.2) is 0 Å². The van der Waals surface area contributed by atoms with Gasteiger partial charge in [-0.25, -0.2) is 0 Å². The van der Waals surface area contributed by atoms with Gasteiger partial charge in [0, 0.05) is 5.69 Å². The SMILES string of the molecule is C#CC(=O)N(c1ccc(OC)c(Cl)c1)C1(C(N)=O)CCCCC1. The summed E-state index contributed by atoms with van der Waals surface area (Å²) in [4.78, 5) is 25.9. The summed E-state index contributed by atoms with van der Waals surface area (Å²) in [6, 6.07) is 4.85. The molecule has 1 aromatic rings. The van der Waals surface area contributed by atoms with E-state index in [1.807, 2.05) is 0 Å². The minimum absolute atomic E-state index is 0.329. The Morgan fingerprint density at radius 3 is 2.48 bits per heavy atom. The Morgan fingerprint density at radius 1 is 1.35 bits per heavy atom. The van der Waals surface area contributed by atoms with Crippen molar-refractivity contribution in [1.29, 1.82) is 0 Å². The van der Waals surface area contributed by atoms with Crippen LogP contribution >= 0.6 is 11.6 Å². The van der Waals surface area contributed by atoms with E-state index in [4.69, 9.17) is 28.5 Å². The van der Waals surface area contributed by atoms with E-state index in [0.717, 1.165) is 19.3 Å². The molecule has 2 rings (SSSR count). The van der Waals surface area contributed by atoms with Crippen LogP contribution in [0.2, 0.25) is 5.02 Å². The Hall–Kier alpha value is -2.19. The van der Waals surface area contributed by atoms with E-state index >= 15 is 0 Å². The Kier molecular flexibility index (Phi) is 5.17. The molecule has 0 radical (unpaired) electrons. The van der Waals surface area contributed by atoms with Gasteiger partial charge < -0.3 is 10.5 Å². The van der Waals surface area contributed by atoms with Gasteiger partial charge in [0.2, 0.25) is 5.91 Å². The van der Waals surface area contributed by atoms with Gasteiger partial charge >= 0.3 is 5.91 Å². The number of ether oxygens (including phenoxy) is 1. The second kappa shape index (κ2) is 6.93. The van der Waals surface area contributed by atoms with Crippen molar-refractivity contribution in [3.05, 3.63) is 23.2 Å². The van der Waals surface area contributed by atoms with Gasteiger partial charge in [-0.2, -0.15) is 0 Å². The Labute approximate surface area is 140 Å². The van der Waals surface area contributed by atoms with Crippen molar-refractivity contribution in [3.63, 3.8) is 0 Å². The molecule has 0 aliphatic heterocycles. The number of primary amides is 1. The molecule has 0 spiro atoms. The molecule has 0 aromatic heterocycles. The van der Waals surface area contributed by atoms with Crippen LogP contribution in [0.1, 0.15) is 32.1 Å². The van der Waals surface area contributed by atoms with E-state index in [1.54, 1.807) is 18.2 Å². The van der Waals surface area contributed by atoms with Crippen LogP contribution in [-0.2, 0) is 9.59 Å². The first-order valence-corrected chi connectivity index (χ1v) is 7.78. The first kappa shape index (κ1) is 17.2. The number of anilines is 1. The van der Waals surface area contributed by atoms with Crippen LogP contribution in [0, 0.1) is 12.3 Å². The number of halogens is 1. The zero-order valence-corrected chi connectivity index (χ0v) is 13.7. The highest BCUT2D eigenvalue weighted by atomic mass is 35.5. The van der Waals surface area contributed by atoms with E-state index in [-0.39, 0.29) is 0 Å². The van der Waals surface area contributed by atoms with Crippen molar-refractivity contribution in [1.82, 2.24) is 0 Å². The summed E-state index contributed by atoms with van der Waals surface area (Å²) < 4.78 is 5.12. The number of carbonyl (C=O) groups is 2. The molecule has 1 aliphatic carbocycles. The van der Waals surface area contributed by atoms with Gasteiger partial charge in [0.1, 0.15) is 11.3 Å². The maximum atomic E-state index is 12.4. The fourth-order valence-electron chi connectivity index (χ4n) is 3.13. The number of rotatable bonds is 4. The van der Waals surface area contributed by atoms with Crippen LogP contribution in [0.25, 0.3) is 0 Å². The lowest BCUT2D eigenvalue weighted by Crippen LogP contribution is -2.60. The van der Waals surface area contributed by atoms with E-state index < -0.39 is 17.4 Å². The summed E-state index contributed by atoms with van der Waals surface area (Å²) >= 11 is 6.15. The summed E-state index contributed by atoms with van der Waals surface area (Å²) in [6.45, 7) is 0. The fraction of sp³-hybridized carbons (Fsp3) is 0.412. The highest BCUT2D eigenvalue weighted by molar-refractivity contribution is 6.32. The highest BCUT2D eigenvalue weighted by Gasteiger charge is 2.46. The van der Waals surface area contributed by atoms with Gasteiger partial charge in [0.25, 0.3) is 0 Å². The number of amides is 2. The van der Waals surface area contributed by atoms with Crippen LogP contribution in [0.3, 0.4) is 0 Å². The lowest BCUT2D eigenvalue weighted by molar-refractivity contribution is -0.127. The lowest BCUT2D eigenvalue weighted by Gasteiger charge is -2.43. The first-order chi connectivity index (χ1) is 11.0. The molecular formula is C17H19ClN2O3. The van der Waals surface area contributed by atoms with Crippen LogP contribution in [0.4, 0.5) is 5.69 Å². The molecule has 1 aromatic carbocycles. The average Bonchev–Trinajstić information content (AvgIpc) is 2.55. The molecule has 1 aliphatic rings. The van der Waals surface area contributed by atoms with Crippen molar-refractivity contribution in [2.24, 2.45) is 5.73 Å². The van der Waals surface area contributed by atoms with Crippen molar-refractivity contribution < 1.29 is 14.3 Å². The van der Waals surface area contributed by atoms with E-state index in [2.05, 4.69) is 5.92 Å². The quantitative estimate of drug-likeness (QED) is 0.860. The van der Waals surface area contributed by atoms with Gasteiger partial charge in [-0.15, -0.1) is 6.42 Å². The number of terminal acetylenes is 1. The van der Waals surface area contributed by atoms with Crippen LogP contribution in [0.15, 0.2) is 18.2 Å². The normalized spacial score (nSPS) is 16.2. The minimum atomic E-state index is -1.11. The lowest BCUT2D eigenvalue weighted by atomic mass is 9.79. The molecule has 0 saturated heterocycles. The third-order valence-corrected chi connectivity index (χ3v) is 4.58. The molecule has 5 nitrogen and oxygen atoms in total. The minimum Gasteiger partial charge on any atom is -0.495 e. The summed E-state index contributed by atoms with van der Waals surface area (Å²) in [5, 5.41) is 0.329. The third-order valence-electron chi connectivity index (χ3n) is 4.29. The van der Waals surface area contributed by atoms with Gasteiger partial charge in [-0.05, 0) is 37.0 Å².